The van der Waals surface area contributed by atoms with Crippen molar-refractivity contribution in [2.45, 2.75) is 13.1 Å². The number of carbonyl (C=O) groups is 1. The van der Waals surface area contributed by atoms with Gasteiger partial charge >= 0.3 is 6.18 Å². The zero-order valence-corrected chi connectivity index (χ0v) is 19.6. The van der Waals surface area contributed by atoms with Gasteiger partial charge in [-0.15, -0.1) is 0 Å². The minimum atomic E-state index is -4.61. The van der Waals surface area contributed by atoms with Gasteiger partial charge in [0.25, 0.3) is 5.91 Å². The van der Waals surface area contributed by atoms with Gasteiger partial charge in [0.15, 0.2) is 5.82 Å². The quantitative estimate of drug-likeness (QED) is 0.325. The zero-order chi connectivity index (χ0) is 25.9. The zero-order valence-electron chi connectivity index (χ0n) is 18.9. The number of carbonyl (C=O) groups excluding carboxylic acids is 1. The van der Waals surface area contributed by atoms with Gasteiger partial charge in [0, 0.05) is 25.0 Å². The summed E-state index contributed by atoms with van der Waals surface area (Å²) in [5, 5.41) is 5.28. The van der Waals surface area contributed by atoms with E-state index in [1.807, 2.05) is 0 Å². The van der Waals surface area contributed by atoms with E-state index >= 15 is 0 Å². The maximum Gasteiger partial charge on any atom is 0.416 e. The van der Waals surface area contributed by atoms with Crippen LogP contribution < -0.4 is 15.4 Å². The van der Waals surface area contributed by atoms with Gasteiger partial charge in [-0.3, -0.25) is 4.79 Å². The number of hydrogen-bond acceptors (Lipinski definition) is 7. The van der Waals surface area contributed by atoms with E-state index in [1.54, 1.807) is 38.2 Å². The monoisotopic (exact) mass is 514 g/mol. The van der Waals surface area contributed by atoms with Gasteiger partial charge in [0.1, 0.15) is 12.1 Å². The summed E-state index contributed by atoms with van der Waals surface area (Å²) >= 11 is 5.99. The molecule has 0 aliphatic carbocycles. The van der Waals surface area contributed by atoms with Crippen molar-refractivity contribution >= 4 is 29.1 Å². The molecule has 2 aromatic heterocycles. The van der Waals surface area contributed by atoms with Gasteiger partial charge in [-0.25, -0.2) is 15.0 Å². The van der Waals surface area contributed by atoms with Crippen LogP contribution in [0.1, 0.15) is 21.5 Å². The van der Waals surface area contributed by atoms with Crippen molar-refractivity contribution < 1.29 is 22.7 Å². The number of hydrogen-bond donors (Lipinski definition) is 2. The Labute approximate surface area is 208 Å². The fraction of sp³-hybridized carbons (Fsp3) is 0.125. The third-order valence-corrected chi connectivity index (χ3v) is 5.33. The molecular formula is C24H18ClF3N6O2. The highest BCUT2D eigenvalue weighted by atomic mass is 35.5. The van der Waals surface area contributed by atoms with Crippen LogP contribution in [0.15, 0.2) is 61.1 Å². The second-order valence-corrected chi connectivity index (χ2v) is 7.87. The van der Waals surface area contributed by atoms with Crippen LogP contribution in [0.25, 0.3) is 11.4 Å². The number of ether oxygens (including phenoxy) is 1. The SMILES string of the molecule is CNc1ncnc(-c2cccnc2Oc2cc(NC(=O)c3cc(C(F)(F)F)ccc3Cl)ccc2C)n1. The van der Waals surface area contributed by atoms with E-state index in [9.17, 15) is 18.0 Å². The molecule has 0 unspecified atom stereocenters. The van der Waals surface area contributed by atoms with Crippen LogP contribution in [-0.2, 0) is 6.18 Å². The standard InChI is InChI=1S/C24H18ClF3N6O2/c1-13-5-7-15(33-21(35)17-10-14(24(26,27)28)6-8-18(17)25)11-19(13)36-22-16(4-3-9-30-22)20-31-12-32-23(29-2)34-20/h3-12H,1-2H3,(H,33,35)(H,29,31,32,34). The van der Waals surface area contributed by atoms with Crippen molar-refractivity contribution in [2.75, 3.05) is 17.7 Å². The lowest BCUT2D eigenvalue weighted by Crippen LogP contribution is -2.14. The van der Waals surface area contributed by atoms with E-state index in [2.05, 4.69) is 30.6 Å². The van der Waals surface area contributed by atoms with Crippen molar-refractivity contribution in [3.05, 3.63) is 82.8 Å². The Morgan fingerprint density at radius 3 is 2.61 bits per heavy atom. The first-order valence-electron chi connectivity index (χ1n) is 10.4. The lowest BCUT2D eigenvalue weighted by Gasteiger charge is -2.14. The maximum absolute atomic E-state index is 13.1. The van der Waals surface area contributed by atoms with Crippen LogP contribution in [0.4, 0.5) is 24.8 Å². The molecule has 2 aromatic carbocycles. The average molecular weight is 515 g/mol. The van der Waals surface area contributed by atoms with Crippen LogP contribution in [0, 0.1) is 6.92 Å². The fourth-order valence-corrected chi connectivity index (χ4v) is 3.36. The first-order chi connectivity index (χ1) is 17.2. The number of nitrogens with zero attached hydrogens (tertiary/aromatic N) is 4. The Morgan fingerprint density at radius 2 is 1.86 bits per heavy atom. The predicted octanol–water partition coefficient (Wildman–Crippen LogP) is 6.00. The van der Waals surface area contributed by atoms with Crippen molar-refractivity contribution in [2.24, 2.45) is 0 Å². The van der Waals surface area contributed by atoms with Gasteiger partial charge in [0.2, 0.25) is 11.8 Å². The van der Waals surface area contributed by atoms with Gasteiger partial charge in [-0.1, -0.05) is 17.7 Å². The molecule has 36 heavy (non-hydrogen) atoms. The van der Waals surface area contributed by atoms with Crippen molar-refractivity contribution in [1.29, 1.82) is 0 Å². The summed E-state index contributed by atoms with van der Waals surface area (Å²) in [5.41, 5.74) is 0.211. The average Bonchev–Trinajstić information content (AvgIpc) is 2.86. The van der Waals surface area contributed by atoms with E-state index < -0.39 is 17.6 Å². The number of amides is 1. The van der Waals surface area contributed by atoms with Crippen LogP contribution in [0.3, 0.4) is 0 Å². The molecule has 0 atom stereocenters. The molecule has 0 bridgehead atoms. The molecule has 4 rings (SSSR count). The molecule has 2 N–H and O–H groups in total. The number of pyridine rings is 1. The summed E-state index contributed by atoms with van der Waals surface area (Å²) in [6.07, 6.45) is -1.72. The summed E-state index contributed by atoms with van der Waals surface area (Å²) in [4.78, 5) is 29.5. The molecule has 2 heterocycles. The Balaban J connectivity index is 1.61. The molecule has 0 spiro atoms. The van der Waals surface area contributed by atoms with Crippen molar-refractivity contribution in [3.63, 3.8) is 0 Å². The Morgan fingerprint density at radius 1 is 1.06 bits per heavy atom. The molecule has 4 aromatic rings. The second kappa shape index (κ2) is 10.2. The number of aryl methyl sites for hydroxylation is 1. The van der Waals surface area contributed by atoms with E-state index in [0.29, 0.717) is 34.7 Å². The highest BCUT2D eigenvalue weighted by Crippen LogP contribution is 2.34. The fourth-order valence-electron chi connectivity index (χ4n) is 3.15. The summed E-state index contributed by atoms with van der Waals surface area (Å²) in [6.45, 7) is 1.79. The summed E-state index contributed by atoms with van der Waals surface area (Å²) in [7, 11) is 1.68. The normalized spacial score (nSPS) is 11.2. The van der Waals surface area contributed by atoms with Gasteiger partial charge in [0.05, 0.1) is 21.7 Å². The summed E-state index contributed by atoms with van der Waals surface area (Å²) in [6, 6.07) is 10.8. The molecule has 0 saturated heterocycles. The van der Waals surface area contributed by atoms with Crippen molar-refractivity contribution in [1.82, 2.24) is 19.9 Å². The van der Waals surface area contributed by atoms with Crippen LogP contribution >= 0.6 is 11.6 Å². The number of nitrogens with one attached hydrogen (secondary N) is 2. The number of aromatic nitrogens is 4. The van der Waals surface area contributed by atoms with Gasteiger partial charge in [-0.05, 0) is 48.9 Å². The first-order valence-corrected chi connectivity index (χ1v) is 10.8. The number of benzene rings is 2. The van der Waals surface area contributed by atoms with Crippen molar-refractivity contribution in [3.8, 4) is 23.0 Å². The predicted molar refractivity (Wildman–Crippen MR) is 128 cm³/mol. The third kappa shape index (κ3) is 5.52. The molecule has 0 radical (unpaired) electrons. The Kier molecular flexibility index (Phi) is 7.02. The molecule has 184 valence electrons. The van der Waals surface area contributed by atoms with E-state index in [4.69, 9.17) is 16.3 Å². The number of halogens is 4. The topological polar surface area (TPSA) is 102 Å². The Bertz CT molecular complexity index is 1430. The molecular weight excluding hydrogens is 497 g/mol. The van der Waals surface area contributed by atoms with Crippen LogP contribution in [0.5, 0.6) is 11.6 Å². The molecule has 0 fully saturated rings. The molecule has 8 nitrogen and oxygen atoms in total. The molecule has 1 amide bonds. The largest absolute Gasteiger partial charge is 0.438 e. The summed E-state index contributed by atoms with van der Waals surface area (Å²) < 4.78 is 45.3. The highest BCUT2D eigenvalue weighted by molar-refractivity contribution is 6.34. The molecule has 0 aliphatic rings. The number of rotatable bonds is 6. The van der Waals surface area contributed by atoms with E-state index in [-0.39, 0.29) is 22.2 Å². The van der Waals surface area contributed by atoms with Gasteiger partial charge in [-0.2, -0.15) is 18.2 Å². The third-order valence-electron chi connectivity index (χ3n) is 5.00. The lowest BCUT2D eigenvalue weighted by atomic mass is 10.1. The maximum atomic E-state index is 13.1. The Hall–Kier alpha value is -4.25. The highest BCUT2D eigenvalue weighted by Gasteiger charge is 2.31. The molecule has 12 heteroatoms. The lowest BCUT2D eigenvalue weighted by molar-refractivity contribution is -0.137. The van der Waals surface area contributed by atoms with E-state index in [1.165, 1.54) is 18.6 Å². The smallest absolute Gasteiger partial charge is 0.416 e. The number of anilines is 2. The molecule has 0 aliphatic heterocycles. The van der Waals surface area contributed by atoms with E-state index in [0.717, 1.165) is 12.1 Å². The van der Waals surface area contributed by atoms with Crippen LogP contribution in [-0.4, -0.2) is 32.9 Å². The number of alkyl halides is 3. The van der Waals surface area contributed by atoms with Crippen LogP contribution in [0.2, 0.25) is 5.02 Å². The van der Waals surface area contributed by atoms with Gasteiger partial charge < -0.3 is 15.4 Å². The summed E-state index contributed by atoms with van der Waals surface area (Å²) in [5.74, 6) is 0.455. The minimum absolute atomic E-state index is 0.111. The first kappa shape index (κ1) is 24.9. The minimum Gasteiger partial charge on any atom is -0.438 e. The second-order valence-electron chi connectivity index (χ2n) is 7.47. The molecule has 0 saturated carbocycles.